The minimum absolute atomic E-state index is 0.271. The lowest BCUT2D eigenvalue weighted by atomic mass is 10.1. The summed E-state index contributed by atoms with van der Waals surface area (Å²) in [5.74, 6) is -0.271. The summed E-state index contributed by atoms with van der Waals surface area (Å²) in [6.45, 7) is 5.76. The fraction of sp³-hybridized carbons (Fsp3) is 0.824. The number of esters is 1. The number of rotatable bonds is 15. The Balaban J connectivity index is 3.18. The first-order valence-electron chi connectivity index (χ1n) is 8.50. The molecule has 0 bridgehead atoms. The maximum absolute atomic E-state index is 11.1. The standard InChI is InChI=1S/C17H34O4Si/c1-16(2)17(18)21-14-12-10-8-6-5-7-9-11-13-15-22(19-3)20-4/h22H,1,5-15H2,2-4H3. The fourth-order valence-corrected chi connectivity index (χ4v) is 3.56. The molecule has 0 amide bonds. The van der Waals surface area contributed by atoms with Gasteiger partial charge < -0.3 is 13.6 Å². The Bertz CT molecular complexity index is 290. The highest BCUT2D eigenvalue weighted by Gasteiger charge is 2.07. The van der Waals surface area contributed by atoms with E-state index in [1.165, 1.54) is 44.9 Å². The van der Waals surface area contributed by atoms with E-state index in [4.69, 9.17) is 13.6 Å². The topological polar surface area (TPSA) is 44.8 Å². The van der Waals surface area contributed by atoms with Crippen molar-refractivity contribution in [3.05, 3.63) is 12.2 Å². The van der Waals surface area contributed by atoms with Gasteiger partial charge in [0.2, 0.25) is 0 Å². The molecule has 0 radical (unpaired) electrons. The van der Waals surface area contributed by atoms with Gasteiger partial charge in [-0.25, -0.2) is 4.79 Å². The summed E-state index contributed by atoms with van der Waals surface area (Å²) >= 11 is 0. The molecule has 0 spiro atoms. The Labute approximate surface area is 138 Å². The number of hydrogen-bond acceptors (Lipinski definition) is 4. The molecule has 130 valence electrons. The third-order valence-corrected chi connectivity index (χ3v) is 5.62. The van der Waals surface area contributed by atoms with Crippen LogP contribution in [0.1, 0.15) is 64.7 Å². The molecular weight excluding hydrogens is 296 g/mol. The summed E-state index contributed by atoms with van der Waals surface area (Å²) < 4.78 is 15.7. The second-order valence-electron chi connectivity index (χ2n) is 5.79. The van der Waals surface area contributed by atoms with Crippen molar-refractivity contribution in [2.45, 2.75) is 70.8 Å². The van der Waals surface area contributed by atoms with Crippen LogP contribution in [0.5, 0.6) is 0 Å². The van der Waals surface area contributed by atoms with Gasteiger partial charge in [-0.15, -0.1) is 0 Å². The van der Waals surface area contributed by atoms with Crippen molar-refractivity contribution >= 4 is 15.3 Å². The van der Waals surface area contributed by atoms with E-state index in [0.717, 1.165) is 18.9 Å². The molecule has 4 nitrogen and oxygen atoms in total. The van der Waals surface area contributed by atoms with Crippen molar-refractivity contribution in [3.63, 3.8) is 0 Å². The molecule has 0 rings (SSSR count). The normalized spacial score (nSPS) is 10.9. The van der Waals surface area contributed by atoms with Crippen molar-refractivity contribution in [1.82, 2.24) is 0 Å². The van der Waals surface area contributed by atoms with Crippen LogP contribution in [0.4, 0.5) is 0 Å². The van der Waals surface area contributed by atoms with E-state index in [9.17, 15) is 4.79 Å². The van der Waals surface area contributed by atoms with E-state index < -0.39 is 9.28 Å². The largest absolute Gasteiger partial charge is 0.462 e. The monoisotopic (exact) mass is 330 g/mol. The number of unbranched alkanes of at least 4 members (excludes halogenated alkanes) is 8. The molecule has 0 aromatic carbocycles. The highest BCUT2D eigenvalue weighted by molar-refractivity contribution is 6.44. The summed E-state index contributed by atoms with van der Waals surface area (Å²) in [6.07, 6.45) is 11.1. The van der Waals surface area contributed by atoms with Gasteiger partial charge in [0.1, 0.15) is 0 Å². The average Bonchev–Trinajstić information content (AvgIpc) is 2.51. The molecule has 0 unspecified atom stereocenters. The second-order valence-corrected chi connectivity index (χ2v) is 8.17. The van der Waals surface area contributed by atoms with Gasteiger partial charge in [0.25, 0.3) is 0 Å². The summed E-state index contributed by atoms with van der Waals surface area (Å²) in [5.41, 5.74) is 0.477. The first-order valence-corrected chi connectivity index (χ1v) is 10.3. The van der Waals surface area contributed by atoms with Crippen LogP contribution in [0.2, 0.25) is 6.04 Å². The highest BCUT2D eigenvalue weighted by Crippen LogP contribution is 2.12. The van der Waals surface area contributed by atoms with E-state index in [1.54, 1.807) is 21.1 Å². The average molecular weight is 331 g/mol. The molecule has 0 aliphatic heterocycles. The zero-order chi connectivity index (χ0) is 16.6. The third-order valence-electron chi connectivity index (χ3n) is 3.69. The molecule has 5 heteroatoms. The minimum Gasteiger partial charge on any atom is -0.462 e. The summed E-state index contributed by atoms with van der Waals surface area (Å²) in [5, 5.41) is 0. The molecule has 0 saturated carbocycles. The number of carbonyl (C=O) groups is 1. The minimum atomic E-state index is -1.33. The highest BCUT2D eigenvalue weighted by atomic mass is 28.3. The van der Waals surface area contributed by atoms with Crippen LogP contribution in [0.25, 0.3) is 0 Å². The van der Waals surface area contributed by atoms with Crippen molar-refractivity contribution in [2.75, 3.05) is 20.8 Å². The van der Waals surface area contributed by atoms with Crippen molar-refractivity contribution in [1.29, 1.82) is 0 Å². The zero-order valence-corrected chi connectivity index (χ0v) is 15.9. The summed E-state index contributed by atoms with van der Waals surface area (Å²) in [6, 6.07) is 1.12. The van der Waals surface area contributed by atoms with Crippen molar-refractivity contribution in [3.8, 4) is 0 Å². The van der Waals surface area contributed by atoms with Gasteiger partial charge in [0, 0.05) is 19.8 Å². The zero-order valence-electron chi connectivity index (χ0n) is 14.7. The molecular formula is C17H34O4Si. The van der Waals surface area contributed by atoms with Gasteiger partial charge in [-0.3, -0.25) is 0 Å². The molecule has 0 heterocycles. The van der Waals surface area contributed by atoms with E-state index in [1.807, 2.05) is 0 Å². The van der Waals surface area contributed by atoms with Crippen LogP contribution in [0.15, 0.2) is 12.2 Å². The van der Waals surface area contributed by atoms with Crippen LogP contribution in [-0.2, 0) is 18.4 Å². The smallest absolute Gasteiger partial charge is 0.333 e. The van der Waals surface area contributed by atoms with Crippen molar-refractivity contribution < 1.29 is 18.4 Å². The maximum Gasteiger partial charge on any atom is 0.333 e. The van der Waals surface area contributed by atoms with E-state index in [0.29, 0.717) is 12.2 Å². The maximum atomic E-state index is 11.1. The van der Waals surface area contributed by atoms with Crippen LogP contribution in [-0.4, -0.2) is 36.1 Å². The number of ether oxygens (including phenoxy) is 1. The quantitative estimate of drug-likeness (QED) is 0.196. The lowest BCUT2D eigenvalue weighted by Crippen LogP contribution is -2.18. The first-order chi connectivity index (χ1) is 10.6. The summed E-state index contributed by atoms with van der Waals surface area (Å²) in [4.78, 5) is 11.1. The Kier molecular flexibility index (Phi) is 14.8. The molecule has 22 heavy (non-hydrogen) atoms. The third kappa shape index (κ3) is 13.0. The molecule has 0 aliphatic rings. The second kappa shape index (κ2) is 15.3. The molecule has 0 aromatic heterocycles. The lowest BCUT2D eigenvalue weighted by Gasteiger charge is -2.10. The predicted octanol–water partition coefficient (Wildman–Crippen LogP) is 4.13. The summed E-state index contributed by atoms with van der Waals surface area (Å²) in [7, 11) is 2.17. The predicted molar refractivity (Wildman–Crippen MR) is 93.3 cm³/mol. The van der Waals surface area contributed by atoms with Crippen LogP contribution < -0.4 is 0 Å². The Morgan fingerprint density at radius 2 is 1.32 bits per heavy atom. The Morgan fingerprint density at radius 1 is 0.864 bits per heavy atom. The number of carbonyl (C=O) groups excluding carboxylic acids is 1. The van der Waals surface area contributed by atoms with Gasteiger partial charge >= 0.3 is 15.3 Å². The van der Waals surface area contributed by atoms with Gasteiger partial charge in [0.15, 0.2) is 0 Å². The van der Waals surface area contributed by atoms with Gasteiger partial charge in [-0.2, -0.15) is 0 Å². The molecule has 0 saturated heterocycles. The Hall–Kier alpha value is -0.653. The van der Waals surface area contributed by atoms with Crippen LogP contribution in [0, 0.1) is 0 Å². The lowest BCUT2D eigenvalue weighted by molar-refractivity contribution is -0.139. The number of hydrogen-bond donors (Lipinski definition) is 0. The van der Waals surface area contributed by atoms with Gasteiger partial charge in [-0.1, -0.05) is 57.9 Å². The molecule has 0 aromatic rings. The SMILES string of the molecule is C=C(C)C(=O)OCCCCCCCCCCC[SiH](OC)OC. The van der Waals surface area contributed by atoms with Crippen LogP contribution in [0.3, 0.4) is 0 Å². The van der Waals surface area contributed by atoms with E-state index >= 15 is 0 Å². The van der Waals surface area contributed by atoms with Gasteiger partial charge in [-0.05, 0) is 19.4 Å². The van der Waals surface area contributed by atoms with Crippen LogP contribution >= 0.6 is 0 Å². The molecule has 0 N–H and O–H groups in total. The Morgan fingerprint density at radius 3 is 1.77 bits per heavy atom. The van der Waals surface area contributed by atoms with E-state index in [-0.39, 0.29) is 5.97 Å². The van der Waals surface area contributed by atoms with E-state index in [2.05, 4.69) is 6.58 Å². The first kappa shape index (κ1) is 21.3. The fourth-order valence-electron chi connectivity index (χ4n) is 2.27. The molecule has 0 aliphatic carbocycles. The molecule has 0 fully saturated rings. The molecule has 0 atom stereocenters. The van der Waals surface area contributed by atoms with Gasteiger partial charge in [0.05, 0.1) is 6.61 Å². The van der Waals surface area contributed by atoms with Crippen molar-refractivity contribution in [2.24, 2.45) is 0 Å².